The molecule has 4 atom stereocenters. The minimum absolute atomic E-state index is 0.0420. The summed E-state index contributed by atoms with van der Waals surface area (Å²) in [6.07, 6.45) is -0.847. The van der Waals surface area contributed by atoms with Gasteiger partial charge in [0.05, 0.1) is 29.3 Å². The molecule has 1 aromatic rings. The van der Waals surface area contributed by atoms with Crippen LogP contribution < -0.4 is 0 Å². The van der Waals surface area contributed by atoms with E-state index in [0.29, 0.717) is 0 Å². The molecule has 0 spiro atoms. The zero-order valence-electron chi connectivity index (χ0n) is 14.5. The van der Waals surface area contributed by atoms with E-state index in [0.717, 1.165) is 0 Å². The molecule has 0 heterocycles. The van der Waals surface area contributed by atoms with Gasteiger partial charge in [0.25, 0.3) is 0 Å². The molecule has 6 heteroatoms. The SMILES string of the molecule is CC(C)[C@H](C)O[C@@H]1CC(=O)C[C@@H]2C(=O)c3c(O)ccc(O)c3C(=O)[C@@H]21. The molecule has 3 rings (SSSR count). The third-order valence-corrected chi connectivity index (χ3v) is 5.33. The second-order valence-corrected chi connectivity index (χ2v) is 7.29. The van der Waals surface area contributed by atoms with Crippen molar-refractivity contribution in [1.82, 2.24) is 0 Å². The lowest BCUT2D eigenvalue weighted by Gasteiger charge is -2.40. The molecule has 134 valence electrons. The van der Waals surface area contributed by atoms with E-state index in [4.69, 9.17) is 4.74 Å². The number of hydrogen-bond donors (Lipinski definition) is 2. The van der Waals surface area contributed by atoms with E-state index in [-0.39, 0.29) is 53.3 Å². The highest BCUT2D eigenvalue weighted by Crippen LogP contribution is 2.45. The maximum atomic E-state index is 13.0. The molecular formula is C19H22O6. The van der Waals surface area contributed by atoms with E-state index in [1.165, 1.54) is 12.1 Å². The van der Waals surface area contributed by atoms with Crippen LogP contribution in [0.1, 0.15) is 54.3 Å². The van der Waals surface area contributed by atoms with E-state index in [9.17, 15) is 24.6 Å². The van der Waals surface area contributed by atoms with Crippen molar-refractivity contribution in [3.8, 4) is 11.5 Å². The number of phenolic OH excluding ortho intramolecular Hbond substituents is 2. The second-order valence-electron chi connectivity index (χ2n) is 7.29. The molecule has 0 bridgehead atoms. The lowest BCUT2D eigenvalue weighted by Crippen LogP contribution is -2.50. The summed E-state index contributed by atoms with van der Waals surface area (Å²) in [6.45, 7) is 5.81. The Morgan fingerprint density at radius 2 is 1.52 bits per heavy atom. The Balaban J connectivity index is 2.07. The number of hydrogen-bond acceptors (Lipinski definition) is 6. The quantitative estimate of drug-likeness (QED) is 0.816. The molecule has 0 aliphatic heterocycles. The Labute approximate surface area is 145 Å². The third-order valence-electron chi connectivity index (χ3n) is 5.33. The number of fused-ring (bicyclic) bond motifs is 2. The summed E-state index contributed by atoms with van der Waals surface area (Å²) < 4.78 is 5.96. The summed E-state index contributed by atoms with van der Waals surface area (Å²) in [5.74, 6) is -3.22. The van der Waals surface area contributed by atoms with Gasteiger partial charge in [0.15, 0.2) is 11.6 Å². The number of aromatic hydroxyl groups is 2. The first-order chi connectivity index (χ1) is 11.7. The monoisotopic (exact) mass is 346 g/mol. The lowest BCUT2D eigenvalue weighted by molar-refractivity contribution is -0.132. The number of phenols is 2. The number of Topliss-reactive ketones (excluding diaryl/α,β-unsaturated/α-hetero) is 3. The van der Waals surface area contributed by atoms with Gasteiger partial charge in [0.2, 0.25) is 0 Å². The summed E-state index contributed by atoms with van der Waals surface area (Å²) in [4.78, 5) is 38.0. The van der Waals surface area contributed by atoms with Crippen molar-refractivity contribution in [2.45, 2.75) is 45.8 Å². The summed E-state index contributed by atoms with van der Waals surface area (Å²) in [5, 5.41) is 20.1. The molecule has 1 fully saturated rings. The molecule has 0 saturated heterocycles. The molecule has 6 nitrogen and oxygen atoms in total. The molecule has 0 unspecified atom stereocenters. The number of carbonyl (C=O) groups is 3. The smallest absolute Gasteiger partial charge is 0.173 e. The zero-order chi connectivity index (χ0) is 18.5. The van der Waals surface area contributed by atoms with Gasteiger partial charge in [-0.3, -0.25) is 14.4 Å². The first-order valence-electron chi connectivity index (χ1n) is 8.52. The maximum Gasteiger partial charge on any atom is 0.173 e. The highest BCUT2D eigenvalue weighted by Gasteiger charge is 2.51. The summed E-state index contributed by atoms with van der Waals surface area (Å²) in [7, 11) is 0. The highest BCUT2D eigenvalue weighted by atomic mass is 16.5. The molecule has 2 N–H and O–H groups in total. The van der Waals surface area contributed by atoms with Crippen LogP contribution in [0.2, 0.25) is 0 Å². The van der Waals surface area contributed by atoms with Gasteiger partial charge in [-0.25, -0.2) is 0 Å². The van der Waals surface area contributed by atoms with Gasteiger partial charge in [-0.2, -0.15) is 0 Å². The van der Waals surface area contributed by atoms with Crippen LogP contribution in [0.15, 0.2) is 12.1 Å². The zero-order valence-corrected chi connectivity index (χ0v) is 14.5. The van der Waals surface area contributed by atoms with Crippen LogP contribution >= 0.6 is 0 Å². The fourth-order valence-corrected chi connectivity index (χ4v) is 3.67. The molecule has 1 aromatic carbocycles. The van der Waals surface area contributed by atoms with Crippen molar-refractivity contribution in [1.29, 1.82) is 0 Å². The predicted molar refractivity (Wildman–Crippen MR) is 88.8 cm³/mol. The third kappa shape index (κ3) is 2.84. The Morgan fingerprint density at radius 1 is 0.960 bits per heavy atom. The van der Waals surface area contributed by atoms with Crippen molar-refractivity contribution < 1.29 is 29.3 Å². The van der Waals surface area contributed by atoms with Crippen molar-refractivity contribution in [2.24, 2.45) is 17.8 Å². The van der Waals surface area contributed by atoms with Gasteiger partial charge >= 0.3 is 0 Å². The molecule has 2 aliphatic rings. The van der Waals surface area contributed by atoms with Gasteiger partial charge in [-0.1, -0.05) is 13.8 Å². The van der Waals surface area contributed by atoms with Crippen molar-refractivity contribution >= 4 is 17.3 Å². The van der Waals surface area contributed by atoms with Crippen LogP contribution in [0.3, 0.4) is 0 Å². The van der Waals surface area contributed by atoms with E-state index in [1.54, 1.807) is 0 Å². The fourth-order valence-electron chi connectivity index (χ4n) is 3.67. The molecule has 2 aliphatic carbocycles. The Kier molecular flexibility index (Phi) is 4.41. The largest absolute Gasteiger partial charge is 0.507 e. The van der Waals surface area contributed by atoms with Crippen LogP contribution in [0.5, 0.6) is 11.5 Å². The Bertz CT molecular complexity index is 751. The van der Waals surface area contributed by atoms with Crippen LogP contribution in [0, 0.1) is 17.8 Å². The number of rotatable bonds is 3. The standard InChI is InChI=1S/C19H22O6/c1-8(2)9(3)25-14-7-10(20)6-11-15(14)19(24)17-13(22)5-4-12(21)16(17)18(11)23/h4-5,8-9,11,14-15,21-22H,6-7H2,1-3H3/t9-,11-,14+,15-/m0/s1. The lowest BCUT2D eigenvalue weighted by atomic mass is 9.65. The minimum atomic E-state index is -0.849. The summed E-state index contributed by atoms with van der Waals surface area (Å²) in [5.41, 5.74) is -0.344. The van der Waals surface area contributed by atoms with Crippen molar-refractivity contribution in [3.63, 3.8) is 0 Å². The fraction of sp³-hybridized carbons (Fsp3) is 0.526. The average Bonchev–Trinajstić information content (AvgIpc) is 2.54. The van der Waals surface area contributed by atoms with E-state index >= 15 is 0 Å². The normalized spacial score (nSPS) is 27.2. The maximum absolute atomic E-state index is 13.0. The second kappa shape index (κ2) is 6.26. The van der Waals surface area contributed by atoms with Crippen LogP contribution in [0.25, 0.3) is 0 Å². The number of ether oxygens (including phenoxy) is 1. The first kappa shape index (κ1) is 17.6. The van der Waals surface area contributed by atoms with E-state index < -0.39 is 29.5 Å². The average molecular weight is 346 g/mol. The number of carbonyl (C=O) groups excluding carboxylic acids is 3. The molecule has 1 saturated carbocycles. The highest BCUT2D eigenvalue weighted by molar-refractivity contribution is 6.20. The summed E-state index contributed by atoms with van der Waals surface area (Å²) >= 11 is 0. The molecular weight excluding hydrogens is 324 g/mol. The minimum Gasteiger partial charge on any atom is -0.507 e. The van der Waals surface area contributed by atoms with Gasteiger partial charge in [-0.05, 0) is 25.0 Å². The van der Waals surface area contributed by atoms with E-state index in [1.807, 2.05) is 20.8 Å². The summed E-state index contributed by atoms with van der Waals surface area (Å²) in [6, 6.07) is 2.37. The van der Waals surface area contributed by atoms with Gasteiger partial charge in [0.1, 0.15) is 17.3 Å². The molecule has 25 heavy (non-hydrogen) atoms. The molecule has 0 radical (unpaired) electrons. The first-order valence-corrected chi connectivity index (χ1v) is 8.52. The van der Waals surface area contributed by atoms with Crippen LogP contribution in [-0.4, -0.2) is 39.8 Å². The van der Waals surface area contributed by atoms with Crippen LogP contribution in [0.4, 0.5) is 0 Å². The molecule has 0 aromatic heterocycles. The van der Waals surface area contributed by atoms with Gasteiger partial charge < -0.3 is 14.9 Å². The van der Waals surface area contributed by atoms with Gasteiger partial charge in [-0.15, -0.1) is 0 Å². The topological polar surface area (TPSA) is 101 Å². The van der Waals surface area contributed by atoms with Crippen molar-refractivity contribution in [2.75, 3.05) is 0 Å². The van der Waals surface area contributed by atoms with Crippen LogP contribution in [-0.2, 0) is 9.53 Å². The molecule has 0 amide bonds. The van der Waals surface area contributed by atoms with Crippen molar-refractivity contribution in [3.05, 3.63) is 23.3 Å². The van der Waals surface area contributed by atoms with Gasteiger partial charge in [0, 0.05) is 18.8 Å². The Hall–Kier alpha value is -2.21. The Morgan fingerprint density at radius 3 is 2.08 bits per heavy atom. The number of ketones is 3. The number of benzene rings is 1. The van der Waals surface area contributed by atoms with E-state index in [2.05, 4.69) is 0 Å². The predicted octanol–water partition coefficient (Wildman–Crippen LogP) is 2.50.